The van der Waals surface area contributed by atoms with E-state index < -0.39 is 0 Å². The van der Waals surface area contributed by atoms with E-state index in [-0.39, 0.29) is 11.4 Å². The number of piperidine rings is 1. The molecule has 1 aromatic rings. The first-order valence-electron chi connectivity index (χ1n) is 6.87. The number of aryl methyl sites for hydroxylation is 1. The molecule has 5 nitrogen and oxygen atoms in total. The number of hydrogen-bond acceptors (Lipinski definition) is 4. The van der Waals surface area contributed by atoms with Gasteiger partial charge in [0.05, 0.1) is 0 Å². The topological polar surface area (TPSA) is 80.0 Å². The number of nitrogens with zero attached hydrogens (tertiary/aromatic N) is 1. The van der Waals surface area contributed by atoms with Crippen molar-refractivity contribution in [2.24, 2.45) is 5.92 Å². The van der Waals surface area contributed by atoms with Crippen LogP contribution in [-0.2, 0) is 11.3 Å². The highest BCUT2D eigenvalue weighted by Gasteiger charge is 2.60. The molecule has 0 spiro atoms. The quantitative estimate of drug-likeness (QED) is 0.748. The summed E-state index contributed by atoms with van der Waals surface area (Å²) >= 11 is 0. The molecule has 1 aliphatic carbocycles. The first kappa shape index (κ1) is 12.4. The summed E-state index contributed by atoms with van der Waals surface area (Å²) in [4.78, 5) is 16.5. The number of anilines is 1. The largest absolute Gasteiger partial charge is 0.384 e. The highest BCUT2D eigenvalue weighted by atomic mass is 16.2. The molecule has 5 heteroatoms. The van der Waals surface area contributed by atoms with Gasteiger partial charge in [0.1, 0.15) is 11.4 Å². The van der Waals surface area contributed by atoms with E-state index in [0.29, 0.717) is 18.3 Å². The number of fused-ring (bicyclic) bond motifs is 1. The Morgan fingerprint density at radius 3 is 3.21 bits per heavy atom. The van der Waals surface area contributed by atoms with Crippen LogP contribution >= 0.6 is 0 Å². The van der Waals surface area contributed by atoms with Gasteiger partial charge in [0.15, 0.2) is 0 Å². The minimum atomic E-state index is -0.270. The standard InChI is InChI=1S/C14H20N4O/c1-9-10(4-5-12(15)18-9)8-16-13(19)14-7-11(14)3-2-6-17-14/h4-5,11,17H,2-3,6-8H2,1H3,(H2,15,18)(H,16,19)/t11-,14+/m1/s1. The Balaban J connectivity index is 1.62. The molecular formula is C14H20N4O. The molecule has 1 saturated carbocycles. The molecule has 0 aromatic carbocycles. The van der Waals surface area contributed by atoms with Gasteiger partial charge in [-0.2, -0.15) is 0 Å². The van der Waals surface area contributed by atoms with E-state index in [0.717, 1.165) is 24.2 Å². The Labute approximate surface area is 113 Å². The van der Waals surface area contributed by atoms with Crippen LogP contribution < -0.4 is 16.4 Å². The summed E-state index contributed by atoms with van der Waals surface area (Å²) in [7, 11) is 0. The van der Waals surface area contributed by atoms with Crippen LogP contribution in [0.4, 0.5) is 5.82 Å². The fourth-order valence-electron chi connectivity index (χ4n) is 3.04. The molecule has 1 aliphatic heterocycles. The number of carbonyl (C=O) groups is 1. The minimum absolute atomic E-state index is 0.133. The average Bonchev–Trinajstić information content (AvgIpc) is 3.13. The third-order valence-electron chi connectivity index (χ3n) is 4.34. The number of rotatable bonds is 3. The van der Waals surface area contributed by atoms with Gasteiger partial charge in [-0.15, -0.1) is 0 Å². The van der Waals surface area contributed by atoms with Crippen molar-refractivity contribution in [2.45, 2.75) is 38.3 Å². The summed E-state index contributed by atoms with van der Waals surface area (Å²) in [6.45, 7) is 3.38. The number of nitrogen functional groups attached to an aromatic ring is 1. The molecule has 0 unspecified atom stereocenters. The lowest BCUT2D eigenvalue weighted by molar-refractivity contribution is -0.125. The second-order valence-electron chi connectivity index (χ2n) is 5.60. The minimum Gasteiger partial charge on any atom is -0.384 e. The maximum Gasteiger partial charge on any atom is 0.240 e. The van der Waals surface area contributed by atoms with Gasteiger partial charge in [0, 0.05) is 12.2 Å². The number of hydrogen-bond donors (Lipinski definition) is 3. The van der Waals surface area contributed by atoms with Gasteiger partial charge >= 0.3 is 0 Å². The van der Waals surface area contributed by atoms with Gasteiger partial charge in [-0.25, -0.2) is 4.98 Å². The zero-order valence-electron chi connectivity index (χ0n) is 11.2. The van der Waals surface area contributed by atoms with Crippen LogP contribution in [0.1, 0.15) is 30.5 Å². The van der Waals surface area contributed by atoms with Crippen LogP contribution in [0.15, 0.2) is 12.1 Å². The van der Waals surface area contributed by atoms with Gasteiger partial charge in [-0.1, -0.05) is 6.07 Å². The Hall–Kier alpha value is -1.62. The number of aromatic nitrogens is 1. The number of carbonyl (C=O) groups excluding carboxylic acids is 1. The van der Waals surface area contributed by atoms with E-state index in [1.54, 1.807) is 6.07 Å². The van der Waals surface area contributed by atoms with Crippen molar-refractivity contribution in [3.8, 4) is 0 Å². The molecule has 102 valence electrons. The molecule has 3 rings (SSSR count). The Morgan fingerprint density at radius 2 is 2.47 bits per heavy atom. The molecule has 4 N–H and O–H groups in total. The summed E-state index contributed by atoms with van der Waals surface area (Å²) in [5, 5.41) is 6.41. The molecule has 2 atom stereocenters. The van der Waals surface area contributed by atoms with E-state index in [1.165, 1.54) is 12.8 Å². The summed E-state index contributed by atoms with van der Waals surface area (Å²) in [6, 6.07) is 3.69. The summed E-state index contributed by atoms with van der Waals surface area (Å²) in [6.07, 6.45) is 3.33. The lowest BCUT2D eigenvalue weighted by Crippen LogP contribution is -2.50. The predicted octanol–water partition coefficient (Wildman–Crippen LogP) is 0.731. The van der Waals surface area contributed by atoms with Gasteiger partial charge in [-0.05, 0) is 50.3 Å². The van der Waals surface area contributed by atoms with E-state index in [9.17, 15) is 4.79 Å². The monoisotopic (exact) mass is 260 g/mol. The van der Waals surface area contributed by atoms with Crippen molar-refractivity contribution in [3.63, 3.8) is 0 Å². The molecule has 1 aromatic heterocycles. The van der Waals surface area contributed by atoms with Crippen LogP contribution in [0.5, 0.6) is 0 Å². The number of nitrogens with one attached hydrogen (secondary N) is 2. The van der Waals surface area contributed by atoms with Crippen LogP contribution in [0.3, 0.4) is 0 Å². The molecule has 2 fully saturated rings. The molecular weight excluding hydrogens is 240 g/mol. The average molecular weight is 260 g/mol. The first-order valence-corrected chi connectivity index (χ1v) is 6.87. The molecule has 2 heterocycles. The summed E-state index contributed by atoms with van der Waals surface area (Å²) in [5.41, 5.74) is 7.25. The van der Waals surface area contributed by atoms with E-state index in [2.05, 4.69) is 15.6 Å². The van der Waals surface area contributed by atoms with E-state index in [4.69, 9.17) is 5.73 Å². The normalized spacial score (nSPS) is 28.6. The zero-order valence-corrected chi connectivity index (χ0v) is 11.2. The molecule has 0 bridgehead atoms. The maximum absolute atomic E-state index is 12.3. The Bertz CT molecular complexity index is 516. The fraction of sp³-hybridized carbons (Fsp3) is 0.571. The van der Waals surface area contributed by atoms with Crippen molar-refractivity contribution in [1.82, 2.24) is 15.6 Å². The highest BCUT2D eigenvalue weighted by Crippen LogP contribution is 2.48. The van der Waals surface area contributed by atoms with Crippen molar-refractivity contribution >= 4 is 11.7 Å². The molecule has 1 saturated heterocycles. The fourth-order valence-corrected chi connectivity index (χ4v) is 3.04. The molecule has 1 amide bonds. The number of nitrogens with two attached hydrogens (primary N) is 1. The number of amides is 1. The molecule has 19 heavy (non-hydrogen) atoms. The maximum atomic E-state index is 12.3. The van der Waals surface area contributed by atoms with Gasteiger partial charge < -0.3 is 16.4 Å². The first-order chi connectivity index (χ1) is 9.12. The lowest BCUT2D eigenvalue weighted by Gasteiger charge is -2.23. The lowest BCUT2D eigenvalue weighted by atomic mass is 10.0. The van der Waals surface area contributed by atoms with Gasteiger partial charge in [-0.3, -0.25) is 4.79 Å². The predicted molar refractivity (Wildman–Crippen MR) is 73.3 cm³/mol. The Kier molecular flexibility index (Phi) is 2.93. The number of pyridine rings is 1. The molecule has 2 aliphatic rings. The summed E-state index contributed by atoms with van der Waals surface area (Å²) in [5.74, 6) is 1.18. The van der Waals surface area contributed by atoms with Gasteiger partial charge in [0.2, 0.25) is 5.91 Å². The van der Waals surface area contributed by atoms with Crippen molar-refractivity contribution in [3.05, 3.63) is 23.4 Å². The van der Waals surface area contributed by atoms with Gasteiger partial charge in [0.25, 0.3) is 0 Å². The summed E-state index contributed by atoms with van der Waals surface area (Å²) < 4.78 is 0. The smallest absolute Gasteiger partial charge is 0.240 e. The van der Waals surface area contributed by atoms with Crippen molar-refractivity contribution < 1.29 is 4.79 Å². The second-order valence-corrected chi connectivity index (χ2v) is 5.60. The van der Waals surface area contributed by atoms with Crippen LogP contribution in [-0.4, -0.2) is 23.0 Å². The third kappa shape index (κ3) is 2.18. The van der Waals surface area contributed by atoms with Crippen molar-refractivity contribution in [1.29, 1.82) is 0 Å². The van der Waals surface area contributed by atoms with Crippen LogP contribution in [0.2, 0.25) is 0 Å². The van der Waals surface area contributed by atoms with E-state index >= 15 is 0 Å². The molecule has 0 radical (unpaired) electrons. The van der Waals surface area contributed by atoms with Crippen molar-refractivity contribution in [2.75, 3.05) is 12.3 Å². The Morgan fingerprint density at radius 1 is 1.63 bits per heavy atom. The van der Waals surface area contributed by atoms with Crippen LogP contribution in [0, 0.1) is 12.8 Å². The third-order valence-corrected chi connectivity index (χ3v) is 4.34. The zero-order chi connectivity index (χ0) is 13.5. The highest BCUT2D eigenvalue weighted by molar-refractivity contribution is 5.90. The SMILES string of the molecule is Cc1nc(N)ccc1CNC(=O)[C@]12C[C@H]1CCCN2. The van der Waals surface area contributed by atoms with Crippen LogP contribution in [0.25, 0.3) is 0 Å². The second kappa shape index (κ2) is 4.49. The van der Waals surface area contributed by atoms with E-state index in [1.807, 2.05) is 13.0 Å².